The Labute approximate surface area is 138 Å². The fourth-order valence-electron chi connectivity index (χ4n) is 2.59. The van der Waals surface area contributed by atoms with Crippen LogP contribution in [-0.4, -0.2) is 55.7 Å². The van der Waals surface area contributed by atoms with E-state index in [-0.39, 0.29) is 18.9 Å². The average Bonchev–Trinajstić information content (AvgIpc) is 2.92. The highest BCUT2D eigenvalue weighted by atomic mass is 19.4. The van der Waals surface area contributed by atoms with E-state index in [2.05, 4.69) is 4.74 Å². The summed E-state index contributed by atoms with van der Waals surface area (Å²) in [6, 6.07) is 8.52. The molecule has 1 fully saturated rings. The van der Waals surface area contributed by atoms with Crippen molar-refractivity contribution in [2.75, 3.05) is 31.7 Å². The number of para-hydroxylation sites is 1. The van der Waals surface area contributed by atoms with Crippen LogP contribution in [0.1, 0.15) is 12.8 Å². The second-order valence-corrected chi connectivity index (χ2v) is 5.55. The van der Waals surface area contributed by atoms with Gasteiger partial charge in [-0.2, -0.15) is 13.2 Å². The first-order valence-electron chi connectivity index (χ1n) is 7.56. The number of ether oxygens (including phenoxy) is 1. The summed E-state index contributed by atoms with van der Waals surface area (Å²) in [6.07, 6.45) is -4.12. The monoisotopic (exact) mass is 344 g/mol. The molecule has 0 spiro atoms. The Kier molecular flexibility index (Phi) is 5.82. The van der Waals surface area contributed by atoms with Crippen molar-refractivity contribution in [3.05, 3.63) is 30.3 Å². The standard InChI is InChI=1S/C16H19F3N2O3/c1-20(14(22)8-10-24-11-16(17,18)19)13-7-9-21(15(13)23)12-5-3-2-4-6-12/h2-6,13H,7-11H2,1H3/t13-/m1/s1. The van der Waals surface area contributed by atoms with Gasteiger partial charge in [0, 0.05) is 19.3 Å². The number of rotatable bonds is 6. The summed E-state index contributed by atoms with van der Waals surface area (Å²) in [5.41, 5.74) is 0.763. The lowest BCUT2D eigenvalue weighted by atomic mass is 10.2. The molecule has 1 aromatic carbocycles. The Balaban J connectivity index is 1.85. The molecule has 1 aliphatic rings. The number of anilines is 1. The average molecular weight is 344 g/mol. The molecule has 0 bridgehead atoms. The number of halogens is 3. The van der Waals surface area contributed by atoms with Gasteiger partial charge in [-0.1, -0.05) is 18.2 Å². The van der Waals surface area contributed by atoms with Crippen molar-refractivity contribution >= 4 is 17.5 Å². The maximum absolute atomic E-state index is 12.5. The SMILES string of the molecule is CN(C(=O)CCOCC(F)(F)F)[C@@H]1CCN(c2ccccc2)C1=O. The minimum Gasteiger partial charge on any atom is -0.372 e. The van der Waals surface area contributed by atoms with Crippen LogP contribution in [0.5, 0.6) is 0 Å². The van der Waals surface area contributed by atoms with Gasteiger partial charge in [-0.15, -0.1) is 0 Å². The molecular formula is C16H19F3N2O3. The van der Waals surface area contributed by atoms with Crippen LogP contribution in [-0.2, 0) is 14.3 Å². The zero-order valence-electron chi connectivity index (χ0n) is 13.3. The number of hydrogen-bond donors (Lipinski definition) is 0. The highest BCUT2D eigenvalue weighted by molar-refractivity contribution is 6.01. The van der Waals surface area contributed by atoms with Crippen LogP contribution >= 0.6 is 0 Å². The third kappa shape index (κ3) is 4.70. The Morgan fingerprint density at radius 3 is 2.62 bits per heavy atom. The molecule has 0 radical (unpaired) electrons. The Morgan fingerprint density at radius 2 is 2.00 bits per heavy atom. The van der Waals surface area contributed by atoms with E-state index in [9.17, 15) is 22.8 Å². The molecule has 0 unspecified atom stereocenters. The van der Waals surface area contributed by atoms with E-state index < -0.39 is 24.7 Å². The normalized spacial score (nSPS) is 18.1. The van der Waals surface area contributed by atoms with Crippen molar-refractivity contribution in [2.45, 2.75) is 25.1 Å². The summed E-state index contributed by atoms with van der Waals surface area (Å²) < 4.78 is 40.3. The fraction of sp³-hybridized carbons (Fsp3) is 0.500. The summed E-state index contributed by atoms with van der Waals surface area (Å²) in [4.78, 5) is 27.4. The van der Waals surface area contributed by atoms with Gasteiger partial charge in [0.25, 0.3) is 0 Å². The van der Waals surface area contributed by atoms with Crippen molar-refractivity contribution in [3.63, 3.8) is 0 Å². The maximum atomic E-state index is 12.5. The van der Waals surface area contributed by atoms with E-state index in [0.29, 0.717) is 13.0 Å². The lowest BCUT2D eigenvalue weighted by molar-refractivity contribution is -0.175. The molecule has 0 saturated carbocycles. The largest absolute Gasteiger partial charge is 0.411 e. The van der Waals surface area contributed by atoms with Gasteiger partial charge in [0.05, 0.1) is 13.0 Å². The van der Waals surface area contributed by atoms with E-state index in [0.717, 1.165) is 5.69 Å². The predicted molar refractivity (Wildman–Crippen MR) is 81.5 cm³/mol. The molecule has 0 N–H and O–H groups in total. The smallest absolute Gasteiger partial charge is 0.372 e. The predicted octanol–water partition coefficient (Wildman–Crippen LogP) is 2.22. The molecule has 0 aliphatic carbocycles. The maximum Gasteiger partial charge on any atom is 0.411 e. The number of carbonyl (C=O) groups excluding carboxylic acids is 2. The summed E-state index contributed by atoms with van der Waals surface area (Å²) >= 11 is 0. The third-order valence-electron chi connectivity index (χ3n) is 3.83. The van der Waals surface area contributed by atoms with E-state index in [1.54, 1.807) is 4.90 Å². The number of likely N-dealkylation sites (N-methyl/N-ethyl adjacent to an activating group) is 1. The van der Waals surface area contributed by atoms with Gasteiger partial charge in [-0.25, -0.2) is 0 Å². The van der Waals surface area contributed by atoms with Crippen LogP contribution < -0.4 is 4.90 Å². The zero-order valence-corrected chi connectivity index (χ0v) is 13.3. The minimum absolute atomic E-state index is 0.187. The molecule has 8 heteroatoms. The molecular weight excluding hydrogens is 325 g/mol. The second-order valence-electron chi connectivity index (χ2n) is 5.55. The van der Waals surface area contributed by atoms with E-state index >= 15 is 0 Å². The van der Waals surface area contributed by atoms with Crippen molar-refractivity contribution in [1.82, 2.24) is 4.90 Å². The van der Waals surface area contributed by atoms with Gasteiger partial charge < -0.3 is 14.5 Å². The topological polar surface area (TPSA) is 49.9 Å². The number of benzene rings is 1. The van der Waals surface area contributed by atoms with Crippen molar-refractivity contribution in [2.24, 2.45) is 0 Å². The van der Waals surface area contributed by atoms with Crippen LogP contribution in [0.15, 0.2) is 30.3 Å². The second kappa shape index (κ2) is 7.65. The molecule has 132 valence electrons. The molecule has 24 heavy (non-hydrogen) atoms. The van der Waals surface area contributed by atoms with Gasteiger partial charge in [0.1, 0.15) is 12.6 Å². The van der Waals surface area contributed by atoms with Crippen LogP contribution in [0.4, 0.5) is 18.9 Å². The van der Waals surface area contributed by atoms with E-state index in [4.69, 9.17) is 0 Å². The van der Waals surface area contributed by atoms with E-state index in [1.165, 1.54) is 11.9 Å². The van der Waals surface area contributed by atoms with Crippen molar-refractivity contribution < 1.29 is 27.5 Å². The summed E-state index contributed by atoms with van der Waals surface area (Å²) in [5.74, 6) is -0.598. The van der Waals surface area contributed by atoms with Crippen LogP contribution in [0, 0.1) is 0 Å². The van der Waals surface area contributed by atoms with Gasteiger partial charge in [0.15, 0.2) is 0 Å². The van der Waals surface area contributed by atoms with Gasteiger partial charge in [-0.3, -0.25) is 9.59 Å². The molecule has 2 amide bonds. The molecule has 1 saturated heterocycles. The number of amides is 2. The van der Waals surface area contributed by atoms with Crippen LogP contribution in [0.3, 0.4) is 0 Å². The quantitative estimate of drug-likeness (QED) is 0.744. The highest BCUT2D eigenvalue weighted by Gasteiger charge is 2.37. The molecule has 1 atom stereocenters. The Morgan fingerprint density at radius 1 is 1.33 bits per heavy atom. The molecule has 1 aliphatic heterocycles. The van der Waals surface area contributed by atoms with Crippen LogP contribution in [0.25, 0.3) is 0 Å². The number of hydrogen-bond acceptors (Lipinski definition) is 3. The molecule has 1 heterocycles. The Hall–Kier alpha value is -2.09. The van der Waals surface area contributed by atoms with Crippen LogP contribution in [0.2, 0.25) is 0 Å². The molecule has 5 nitrogen and oxygen atoms in total. The van der Waals surface area contributed by atoms with Gasteiger partial charge in [-0.05, 0) is 18.6 Å². The number of carbonyl (C=O) groups is 2. The lowest BCUT2D eigenvalue weighted by Crippen LogP contribution is -2.43. The van der Waals surface area contributed by atoms with Gasteiger partial charge in [0.2, 0.25) is 11.8 Å². The third-order valence-corrected chi connectivity index (χ3v) is 3.83. The number of nitrogens with zero attached hydrogens (tertiary/aromatic N) is 2. The van der Waals surface area contributed by atoms with Crippen molar-refractivity contribution in [1.29, 1.82) is 0 Å². The molecule has 0 aromatic heterocycles. The van der Waals surface area contributed by atoms with E-state index in [1.807, 2.05) is 30.3 Å². The molecule has 2 rings (SSSR count). The highest BCUT2D eigenvalue weighted by Crippen LogP contribution is 2.24. The minimum atomic E-state index is -4.41. The summed E-state index contributed by atoms with van der Waals surface area (Å²) in [6.45, 7) is -1.21. The first kappa shape index (κ1) is 18.3. The fourth-order valence-corrected chi connectivity index (χ4v) is 2.59. The molecule has 1 aromatic rings. The van der Waals surface area contributed by atoms with Gasteiger partial charge >= 0.3 is 6.18 Å². The first-order chi connectivity index (χ1) is 11.3. The first-order valence-corrected chi connectivity index (χ1v) is 7.56. The van der Waals surface area contributed by atoms with Crippen molar-refractivity contribution in [3.8, 4) is 0 Å². The summed E-state index contributed by atoms with van der Waals surface area (Å²) in [5, 5.41) is 0. The zero-order chi connectivity index (χ0) is 17.7. The number of alkyl halides is 3. The Bertz CT molecular complexity index is 578. The lowest BCUT2D eigenvalue weighted by Gasteiger charge is -2.24. The summed E-state index contributed by atoms with van der Waals surface area (Å²) in [7, 11) is 1.49.